The van der Waals surface area contributed by atoms with E-state index in [0.717, 1.165) is 25.9 Å². The molecule has 1 heterocycles. The van der Waals surface area contributed by atoms with E-state index in [0.29, 0.717) is 0 Å². The van der Waals surface area contributed by atoms with Crippen LogP contribution in [0.5, 0.6) is 0 Å². The molecule has 2 N–H and O–H groups in total. The van der Waals surface area contributed by atoms with Gasteiger partial charge in [0.05, 0.1) is 0 Å². The molecule has 0 aromatic heterocycles. The Morgan fingerprint density at radius 3 is 2.62 bits per heavy atom. The van der Waals surface area contributed by atoms with Gasteiger partial charge < -0.3 is 10.6 Å². The Hall–Kier alpha value is -1.01. The Labute approximate surface area is 79.3 Å². The van der Waals surface area contributed by atoms with Crippen LogP contribution in [0.3, 0.4) is 0 Å². The first-order valence-electron chi connectivity index (χ1n) is 4.62. The quantitative estimate of drug-likeness (QED) is 0.569. The zero-order valence-electron chi connectivity index (χ0n) is 8.24. The van der Waals surface area contributed by atoms with Gasteiger partial charge in [-0.1, -0.05) is 5.92 Å². The molecule has 3 heteroatoms. The van der Waals surface area contributed by atoms with Gasteiger partial charge in [0, 0.05) is 5.54 Å². The molecule has 0 aliphatic carbocycles. The number of piperidine rings is 1. The Morgan fingerprint density at radius 2 is 2.08 bits per heavy atom. The monoisotopic (exact) mass is 180 g/mol. The summed E-state index contributed by atoms with van der Waals surface area (Å²) >= 11 is 0. The van der Waals surface area contributed by atoms with Crippen LogP contribution >= 0.6 is 0 Å². The van der Waals surface area contributed by atoms with E-state index in [1.54, 1.807) is 6.92 Å². The number of nitrogens with one attached hydrogen (secondary N) is 2. The van der Waals surface area contributed by atoms with Crippen molar-refractivity contribution in [2.45, 2.75) is 32.2 Å². The summed E-state index contributed by atoms with van der Waals surface area (Å²) in [6, 6.07) is 0. The highest BCUT2D eigenvalue weighted by atomic mass is 16.1. The third kappa shape index (κ3) is 3.08. The van der Waals surface area contributed by atoms with Gasteiger partial charge in [-0.05, 0) is 45.7 Å². The largest absolute Gasteiger partial charge is 0.340 e. The summed E-state index contributed by atoms with van der Waals surface area (Å²) in [6.45, 7) is 5.68. The van der Waals surface area contributed by atoms with Crippen molar-refractivity contribution in [3.8, 4) is 11.8 Å². The molecule has 0 radical (unpaired) electrons. The molecular formula is C10H16N2O. The molecule has 3 nitrogen and oxygen atoms in total. The first kappa shape index (κ1) is 10.1. The maximum atomic E-state index is 11.2. The minimum atomic E-state index is -0.160. The summed E-state index contributed by atoms with van der Waals surface area (Å²) in [6.07, 6.45) is 1.95. The van der Waals surface area contributed by atoms with Gasteiger partial charge in [0.25, 0.3) is 5.91 Å². The molecule has 1 saturated heterocycles. The highest BCUT2D eigenvalue weighted by Gasteiger charge is 2.27. The Morgan fingerprint density at radius 1 is 1.46 bits per heavy atom. The Kier molecular flexibility index (Phi) is 3.32. The van der Waals surface area contributed by atoms with Crippen LogP contribution in [0.2, 0.25) is 0 Å². The fraction of sp³-hybridized carbons (Fsp3) is 0.700. The Balaban J connectivity index is 2.48. The lowest BCUT2D eigenvalue weighted by molar-refractivity contribution is -0.117. The molecule has 72 valence electrons. The zero-order chi connectivity index (χ0) is 9.73. The molecule has 0 aromatic rings. The normalized spacial score (nSPS) is 19.8. The summed E-state index contributed by atoms with van der Waals surface area (Å²) < 4.78 is 0. The number of rotatable bonds is 1. The van der Waals surface area contributed by atoms with E-state index < -0.39 is 0 Å². The van der Waals surface area contributed by atoms with E-state index in [4.69, 9.17) is 0 Å². The van der Waals surface area contributed by atoms with Crippen molar-refractivity contribution >= 4 is 5.91 Å². The number of carbonyl (C=O) groups excluding carboxylic acids is 1. The van der Waals surface area contributed by atoms with Crippen LogP contribution in [0.1, 0.15) is 26.7 Å². The summed E-state index contributed by atoms with van der Waals surface area (Å²) in [5, 5.41) is 6.20. The molecule has 0 spiro atoms. The summed E-state index contributed by atoms with van der Waals surface area (Å²) in [4.78, 5) is 11.2. The molecule has 1 amide bonds. The van der Waals surface area contributed by atoms with Crippen molar-refractivity contribution in [2.75, 3.05) is 13.1 Å². The minimum absolute atomic E-state index is 0.0633. The average Bonchev–Trinajstić information content (AvgIpc) is 2.04. The molecule has 0 atom stereocenters. The lowest BCUT2D eigenvalue weighted by Gasteiger charge is -2.34. The Bertz CT molecular complexity index is 243. The standard InChI is InChI=1S/C10H16N2O/c1-3-4-9(13)12-10(2)5-7-11-8-6-10/h11H,5-8H2,1-2H3,(H,12,13). The molecule has 1 rings (SSSR count). The second kappa shape index (κ2) is 4.29. The second-order valence-corrected chi connectivity index (χ2v) is 3.64. The van der Waals surface area contributed by atoms with Crippen LogP contribution in [0.15, 0.2) is 0 Å². The first-order valence-corrected chi connectivity index (χ1v) is 4.62. The SMILES string of the molecule is CC#CC(=O)NC1(C)CCNCC1. The molecule has 0 unspecified atom stereocenters. The third-order valence-corrected chi connectivity index (χ3v) is 2.36. The minimum Gasteiger partial charge on any atom is -0.340 e. The van der Waals surface area contributed by atoms with Gasteiger partial charge in [-0.15, -0.1) is 0 Å². The second-order valence-electron chi connectivity index (χ2n) is 3.64. The lowest BCUT2D eigenvalue weighted by atomic mass is 9.90. The molecule has 0 aromatic carbocycles. The maximum absolute atomic E-state index is 11.2. The summed E-state index contributed by atoms with van der Waals surface area (Å²) in [5.74, 6) is 4.93. The molecule has 1 aliphatic rings. The van der Waals surface area contributed by atoms with Crippen molar-refractivity contribution < 1.29 is 4.79 Å². The topological polar surface area (TPSA) is 41.1 Å². The number of carbonyl (C=O) groups is 1. The first-order chi connectivity index (χ1) is 6.16. The highest BCUT2D eigenvalue weighted by Crippen LogP contribution is 2.16. The summed E-state index contributed by atoms with van der Waals surface area (Å²) in [5.41, 5.74) is -0.0633. The van der Waals surface area contributed by atoms with E-state index in [-0.39, 0.29) is 11.4 Å². The maximum Gasteiger partial charge on any atom is 0.296 e. The molecule has 0 saturated carbocycles. The van der Waals surface area contributed by atoms with Crippen LogP contribution in [0.25, 0.3) is 0 Å². The van der Waals surface area contributed by atoms with Crippen LogP contribution in [0.4, 0.5) is 0 Å². The molecule has 13 heavy (non-hydrogen) atoms. The van der Waals surface area contributed by atoms with E-state index in [2.05, 4.69) is 29.4 Å². The van der Waals surface area contributed by atoms with E-state index in [1.165, 1.54) is 0 Å². The lowest BCUT2D eigenvalue weighted by Crippen LogP contribution is -2.52. The van der Waals surface area contributed by atoms with Crippen LogP contribution in [0, 0.1) is 11.8 Å². The third-order valence-electron chi connectivity index (χ3n) is 2.36. The highest BCUT2D eigenvalue weighted by molar-refractivity contribution is 5.93. The van der Waals surface area contributed by atoms with Crippen LogP contribution in [-0.2, 0) is 4.79 Å². The van der Waals surface area contributed by atoms with Gasteiger partial charge in [0.1, 0.15) is 0 Å². The van der Waals surface area contributed by atoms with E-state index in [1.807, 2.05) is 0 Å². The van der Waals surface area contributed by atoms with Gasteiger partial charge in [-0.3, -0.25) is 4.79 Å². The van der Waals surface area contributed by atoms with Crippen molar-refractivity contribution in [1.82, 2.24) is 10.6 Å². The van der Waals surface area contributed by atoms with E-state index in [9.17, 15) is 4.79 Å². The smallest absolute Gasteiger partial charge is 0.296 e. The van der Waals surface area contributed by atoms with Crippen LogP contribution in [-0.4, -0.2) is 24.5 Å². The van der Waals surface area contributed by atoms with E-state index >= 15 is 0 Å². The van der Waals surface area contributed by atoms with Crippen molar-refractivity contribution in [3.05, 3.63) is 0 Å². The number of amides is 1. The predicted molar refractivity (Wildman–Crippen MR) is 52.1 cm³/mol. The van der Waals surface area contributed by atoms with Crippen molar-refractivity contribution in [3.63, 3.8) is 0 Å². The summed E-state index contributed by atoms with van der Waals surface area (Å²) in [7, 11) is 0. The molecule has 1 aliphatic heterocycles. The zero-order valence-corrected chi connectivity index (χ0v) is 8.24. The fourth-order valence-electron chi connectivity index (χ4n) is 1.52. The van der Waals surface area contributed by atoms with Crippen molar-refractivity contribution in [1.29, 1.82) is 0 Å². The van der Waals surface area contributed by atoms with Gasteiger partial charge in [0.2, 0.25) is 0 Å². The van der Waals surface area contributed by atoms with Gasteiger partial charge in [-0.2, -0.15) is 0 Å². The molecule has 1 fully saturated rings. The predicted octanol–water partition coefficient (Wildman–Crippen LogP) is 0.268. The molecular weight excluding hydrogens is 164 g/mol. The van der Waals surface area contributed by atoms with Gasteiger partial charge >= 0.3 is 0 Å². The van der Waals surface area contributed by atoms with Gasteiger partial charge in [0.15, 0.2) is 0 Å². The fourth-order valence-corrected chi connectivity index (χ4v) is 1.52. The van der Waals surface area contributed by atoms with Crippen LogP contribution < -0.4 is 10.6 Å². The number of hydrogen-bond acceptors (Lipinski definition) is 2. The van der Waals surface area contributed by atoms with Crippen molar-refractivity contribution in [2.24, 2.45) is 0 Å². The number of hydrogen-bond donors (Lipinski definition) is 2. The van der Waals surface area contributed by atoms with Gasteiger partial charge in [-0.25, -0.2) is 0 Å². The molecule has 0 bridgehead atoms. The average molecular weight is 180 g/mol.